The molecule has 0 bridgehead atoms. The molecule has 20 heavy (non-hydrogen) atoms. The van der Waals surface area contributed by atoms with E-state index in [1.165, 1.54) is 6.42 Å². The second-order valence-electron chi connectivity index (χ2n) is 5.26. The highest BCUT2D eigenvalue weighted by Gasteiger charge is 2.23. The molecule has 0 heterocycles. The molecule has 1 aromatic rings. The van der Waals surface area contributed by atoms with Crippen molar-refractivity contribution in [1.29, 1.82) is 0 Å². The van der Waals surface area contributed by atoms with E-state index >= 15 is 0 Å². The van der Waals surface area contributed by atoms with E-state index in [2.05, 4.69) is 15.9 Å². The lowest BCUT2D eigenvalue weighted by atomic mass is 9.89. The summed E-state index contributed by atoms with van der Waals surface area (Å²) in [5.74, 6) is 0.430. The number of ether oxygens (including phenoxy) is 1. The van der Waals surface area contributed by atoms with Gasteiger partial charge in [0.2, 0.25) is 0 Å². The van der Waals surface area contributed by atoms with Gasteiger partial charge >= 0.3 is 5.97 Å². The summed E-state index contributed by atoms with van der Waals surface area (Å²) in [5, 5.41) is 0. The maximum absolute atomic E-state index is 12.0. The molecule has 3 nitrogen and oxygen atoms in total. The average Bonchev–Trinajstić information content (AvgIpc) is 2.48. The van der Waals surface area contributed by atoms with Crippen molar-refractivity contribution in [2.45, 2.75) is 43.9 Å². The molecule has 0 amide bonds. The van der Waals surface area contributed by atoms with Crippen molar-refractivity contribution in [1.82, 2.24) is 0 Å². The van der Waals surface area contributed by atoms with Crippen LogP contribution in [0.1, 0.15) is 49.4 Å². The minimum absolute atomic E-state index is 0.0233. The number of esters is 1. The Labute approximate surface area is 127 Å². The predicted octanol–water partition coefficient (Wildman–Crippen LogP) is 4.14. The highest BCUT2D eigenvalue weighted by Crippen LogP contribution is 2.25. The molecule has 1 saturated carbocycles. The second-order valence-corrected chi connectivity index (χ2v) is 6.63. The van der Waals surface area contributed by atoms with Gasteiger partial charge in [-0.1, -0.05) is 35.2 Å². The van der Waals surface area contributed by atoms with Crippen LogP contribution >= 0.6 is 15.9 Å². The first-order valence-electron chi connectivity index (χ1n) is 7.08. The number of benzene rings is 1. The molecule has 1 unspecified atom stereocenters. The second kappa shape index (κ2) is 7.02. The van der Waals surface area contributed by atoms with Crippen LogP contribution in [0.5, 0.6) is 5.75 Å². The summed E-state index contributed by atoms with van der Waals surface area (Å²) in [4.78, 5) is 23.6. The fraction of sp³-hybridized carbons (Fsp3) is 0.500. The van der Waals surface area contributed by atoms with E-state index in [1.807, 2.05) is 0 Å². The largest absolute Gasteiger partial charge is 0.426 e. The van der Waals surface area contributed by atoms with Crippen LogP contribution in [0.2, 0.25) is 0 Å². The Morgan fingerprint density at radius 1 is 1.15 bits per heavy atom. The summed E-state index contributed by atoms with van der Waals surface area (Å²) in [5.41, 5.74) is 0.617. The lowest BCUT2D eigenvalue weighted by Crippen LogP contribution is -2.22. The normalized spacial score (nSPS) is 17.5. The fourth-order valence-electron chi connectivity index (χ4n) is 2.45. The molecule has 0 saturated heterocycles. The molecule has 2 rings (SSSR count). The Kier molecular flexibility index (Phi) is 5.35. The first-order valence-corrected chi connectivity index (χ1v) is 7.99. The van der Waals surface area contributed by atoms with Crippen LogP contribution in [-0.4, -0.2) is 16.6 Å². The number of hydrogen-bond donors (Lipinski definition) is 0. The van der Waals surface area contributed by atoms with Gasteiger partial charge in [-0.3, -0.25) is 9.59 Å². The van der Waals surface area contributed by atoms with E-state index in [9.17, 15) is 9.59 Å². The fourth-order valence-corrected chi connectivity index (χ4v) is 2.72. The van der Waals surface area contributed by atoms with Gasteiger partial charge in [0.05, 0.1) is 10.7 Å². The summed E-state index contributed by atoms with van der Waals surface area (Å²) < 4.78 is 5.39. The maximum atomic E-state index is 12.0. The van der Waals surface area contributed by atoms with Crippen molar-refractivity contribution < 1.29 is 14.3 Å². The highest BCUT2D eigenvalue weighted by molar-refractivity contribution is 9.10. The Balaban J connectivity index is 1.96. The Bertz CT molecular complexity index is 473. The van der Waals surface area contributed by atoms with Crippen LogP contribution in [0, 0.1) is 5.92 Å². The van der Waals surface area contributed by atoms with Crippen molar-refractivity contribution in [2.24, 2.45) is 5.92 Å². The van der Waals surface area contributed by atoms with Crippen molar-refractivity contribution in [3.63, 3.8) is 0 Å². The van der Waals surface area contributed by atoms with Crippen LogP contribution in [0.15, 0.2) is 24.3 Å². The van der Waals surface area contributed by atoms with E-state index < -0.39 is 0 Å². The van der Waals surface area contributed by atoms with E-state index in [0.29, 0.717) is 11.3 Å². The number of halogens is 1. The summed E-state index contributed by atoms with van der Waals surface area (Å²) >= 11 is 3.25. The van der Waals surface area contributed by atoms with Crippen LogP contribution in [-0.2, 0) is 4.79 Å². The minimum Gasteiger partial charge on any atom is -0.426 e. The molecular formula is C16H19BrO3. The SMILES string of the molecule is CC(Br)C(=O)c1ccc(OC(=O)C2CCCCC2)cc1. The highest BCUT2D eigenvalue weighted by atomic mass is 79.9. The molecule has 4 heteroatoms. The lowest BCUT2D eigenvalue weighted by molar-refractivity contribution is -0.139. The molecule has 0 spiro atoms. The van der Waals surface area contributed by atoms with Crippen molar-refractivity contribution in [2.75, 3.05) is 0 Å². The summed E-state index contributed by atoms with van der Waals surface area (Å²) in [6.45, 7) is 1.79. The standard InChI is InChI=1S/C16H19BrO3/c1-11(17)15(18)12-7-9-14(10-8-12)20-16(19)13-5-3-2-4-6-13/h7-11,13H,2-6H2,1H3. The monoisotopic (exact) mass is 338 g/mol. The average molecular weight is 339 g/mol. The number of alkyl halides is 1. The Morgan fingerprint density at radius 3 is 2.30 bits per heavy atom. The lowest BCUT2D eigenvalue weighted by Gasteiger charge is -2.19. The Morgan fingerprint density at radius 2 is 1.75 bits per heavy atom. The molecule has 1 aliphatic rings. The van der Waals surface area contributed by atoms with E-state index in [4.69, 9.17) is 4.74 Å². The van der Waals surface area contributed by atoms with Gasteiger partial charge in [-0.15, -0.1) is 0 Å². The van der Waals surface area contributed by atoms with Crippen LogP contribution < -0.4 is 4.74 Å². The molecule has 1 atom stereocenters. The Hall–Kier alpha value is -1.16. The summed E-state index contributed by atoms with van der Waals surface area (Å²) in [7, 11) is 0. The van der Waals surface area contributed by atoms with E-state index in [-0.39, 0.29) is 22.5 Å². The number of carbonyl (C=O) groups is 2. The number of hydrogen-bond acceptors (Lipinski definition) is 3. The number of Topliss-reactive ketones (excluding diaryl/α,β-unsaturated/α-hetero) is 1. The molecule has 108 valence electrons. The zero-order valence-corrected chi connectivity index (χ0v) is 13.2. The van der Waals surface area contributed by atoms with Crippen molar-refractivity contribution in [3.05, 3.63) is 29.8 Å². The van der Waals surface area contributed by atoms with Gasteiger partial charge in [0.25, 0.3) is 0 Å². The summed E-state index contributed by atoms with van der Waals surface area (Å²) in [6.07, 6.45) is 5.28. The summed E-state index contributed by atoms with van der Waals surface area (Å²) in [6, 6.07) is 6.76. The van der Waals surface area contributed by atoms with Crippen LogP contribution in [0.25, 0.3) is 0 Å². The first kappa shape index (κ1) is 15.2. The minimum atomic E-state index is -0.210. The van der Waals surface area contributed by atoms with Gasteiger partial charge in [-0.25, -0.2) is 0 Å². The molecule has 0 N–H and O–H groups in total. The van der Waals surface area contributed by atoms with Crippen LogP contribution in [0.4, 0.5) is 0 Å². The third-order valence-corrected chi connectivity index (χ3v) is 4.07. The van der Waals surface area contributed by atoms with Gasteiger partial charge in [0, 0.05) is 5.56 Å². The van der Waals surface area contributed by atoms with Gasteiger partial charge in [0.15, 0.2) is 5.78 Å². The van der Waals surface area contributed by atoms with E-state index in [0.717, 1.165) is 25.7 Å². The molecule has 0 aromatic heterocycles. The smallest absolute Gasteiger partial charge is 0.314 e. The number of ketones is 1. The van der Waals surface area contributed by atoms with E-state index in [1.54, 1.807) is 31.2 Å². The number of rotatable bonds is 4. The molecule has 1 aromatic carbocycles. The molecular weight excluding hydrogens is 320 g/mol. The zero-order valence-electron chi connectivity index (χ0n) is 11.6. The predicted molar refractivity (Wildman–Crippen MR) is 81.4 cm³/mol. The van der Waals surface area contributed by atoms with Crippen molar-refractivity contribution >= 4 is 27.7 Å². The molecule has 1 aliphatic carbocycles. The zero-order chi connectivity index (χ0) is 14.5. The molecule has 0 aliphatic heterocycles. The quantitative estimate of drug-likeness (QED) is 0.358. The first-order chi connectivity index (χ1) is 9.58. The van der Waals surface area contributed by atoms with Crippen LogP contribution in [0.3, 0.4) is 0 Å². The maximum Gasteiger partial charge on any atom is 0.314 e. The third-order valence-electron chi connectivity index (χ3n) is 3.66. The molecule has 1 fully saturated rings. The topological polar surface area (TPSA) is 43.4 Å². The third kappa shape index (κ3) is 3.92. The van der Waals surface area contributed by atoms with Gasteiger partial charge in [-0.2, -0.15) is 0 Å². The van der Waals surface area contributed by atoms with Gasteiger partial charge in [-0.05, 0) is 44.0 Å². The van der Waals surface area contributed by atoms with Gasteiger partial charge in [0.1, 0.15) is 5.75 Å². The van der Waals surface area contributed by atoms with Crippen molar-refractivity contribution in [3.8, 4) is 5.75 Å². The molecule has 0 radical (unpaired) electrons. The number of carbonyl (C=O) groups excluding carboxylic acids is 2. The van der Waals surface area contributed by atoms with Gasteiger partial charge < -0.3 is 4.74 Å².